The lowest BCUT2D eigenvalue weighted by molar-refractivity contribution is 0.0636. The van der Waals surface area contributed by atoms with Crippen LogP contribution in [0.15, 0.2) is 48.7 Å². The maximum Gasteiger partial charge on any atom is 0.412 e. The van der Waals surface area contributed by atoms with Crippen LogP contribution in [0, 0.1) is 0 Å². The molecule has 2 aromatic rings. The first-order chi connectivity index (χ1) is 10.3. The van der Waals surface area contributed by atoms with Gasteiger partial charge in [-0.15, -0.1) is 0 Å². The van der Waals surface area contributed by atoms with Gasteiger partial charge in [0.05, 0.1) is 11.9 Å². The summed E-state index contributed by atoms with van der Waals surface area (Å²) in [5, 5.41) is 2.66. The van der Waals surface area contributed by atoms with Crippen molar-refractivity contribution in [2.75, 3.05) is 17.3 Å². The van der Waals surface area contributed by atoms with Gasteiger partial charge in [-0.05, 0) is 45.0 Å². The SMILES string of the molecule is CN(c1ccccc1)c1ccc(NC(=O)OC(C)(C)C)cn1. The minimum Gasteiger partial charge on any atom is -0.444 e. The van der Waals surface area contributed by atoms with Crippen LogP contribution in [0.5, 0.6) is 0 Å². The van der Waals surface area contributed by atoms with Crippen molar-refractivity contribution in [1.29, 1.82) is 0 Å². The highest BCUT2D eigenvalue weighted by molar-refractivity contribution is 5.84. The average Bonchev–Trinajstić information content (AvgIpc) is 2.46. The number of pyridine rings is 1. The van der Waals surface area contributed by atoms with Crippen LogP contribution in [0.3, 0.4) is 0 Å². The zero-order valence-electron chi connectivity index (χ0n) is 13.3. The Bertz CT molecular complexity index is 619. The fourth-order valence-electron chi connectivity index (χ4n) is 1.86. The van der Waals surface area contributed by atoms with E-state index in [4.69, 9.17) is 4.74 Å². The fraction of sp³-hybridized carbons (Fsp3) is 0.294. The molecule has 0 atom stereocenters. The van der Waals surface area contributed by atoms with Crippen LogP contribution in [-0.4, -0.2) is 23.7 Å². The molecule has 1 N–H and O–H groups in total. The Balaban J connectivity index is 2.03. The van der Waals surface area contributed by atoms with E-state index in [2.05, 4.69) is 10.3 Å². The average molecular weight is 299 g/mol. The number of para-hydroxylation sites is 1. The van der Waals surface area contributed by atoms with E-state index in [0.29, 0.717) is 5.69 Å². The molecule has 0 spiro atoms. The molecule has 0 radical (unpaired) electrons. The molecule has 2 rings (SSSR count). The number of nitrogens with zero attached hydrogens (tertiary/aromatic N) is 2. The molecule has 0 saturated carbocycles. The molecule has 0 aliphatic carbocycles. The van der Waals surface area contributed by atoms with Gasteiger partial charge >= 0.3 is 6.09 Å². The number of ether oxygens (including phenoxy) is 1. The number of amides is 1. The first kappa shape index (κ1) is 15.8. The van der Waals surface area contributed by atoms with E-state index in [-0.39, 0.29) is 0 Å². The number of carbonyl (C=O) groups is 1. The van der Waals surface area contributed by atoms with Gasteiger partial charge in [0, 0.05) is 12.7 Å². The van der Waals surface area contributed by atoms with E-state index in [0.717, 1.165) is 11.5 Å². The van der Waals surface area contributed by atoms with Crippen LogP contribution < -0.4 is 10.2 Å². The van der Waals surface area contributed by atoms with E-state index >= 15 is 0 Å². The molecule has 0 saturated heterocycles. The van der Waals surface area contributed by atoms with Gasteiger partial charge in [0.2, 0.25) is 0 Å². The van der Waals surface area contributed by atoms with Gasteiger partial charge in [0.1, 0.15) is 11.4 Å². The van der Waals surface area contributed by atoms with Gasteiger partial charge in [0.25, 0.3) is 0 Å². The molecule has 5 heteroatoms. The Morgan fingerprint density at radius 2 is 1.82 bits per heavy atom. The lowest BCUT2D eigenvalue weighted by Gasteiger charge is -2.20. The van der Waals surface area contributed by atoms with Crippen LogP contribution in [0.1, 0.15) is 20.8 Å². The summed E-state index contributed by atoms with van der Waals surface area (Å²) in [5.74, 6) is 0.793. The lowest BCUT2D eigenvalue weighted by atomic mass is 10.2. The highest BCUT2D eigenvalue weighted by Gasteiger charge is 2.16. The van der Waals surface area contributed by atoms with Gasteiger partial charge < -0.3 is 9.64 Å². The number of benzene rings is 1. The Kier molecular flexibility index (Phi) is 4.65. The van der Waals surface area contributed by atoms with Gasteiger partial charge in [-0.2, -0.15) is 0 Å². The molecule has 1 aromatic carbocycles. The molecule has 0 bridgehead atoms. The van der Waals surface area contributed by atoms with E-state index < -0.39 is 11.7 Å². The van der Waals surface area contributed by atoms with Gasteiger partial charge in [0.15, 0.2) is 0 Å². The number of anilines is 3. The molecule has 22 heavy (non-hydrogen) atoms. The van der Waals surface area contributed by atoms with E-state index in [1.807, 2.05) is 69.1 Å². The zero-order chi connectivity index (χ0) is 16.2. The molecule has 1 heterocycles. The second-order valence-corrected chi connectivity index (χ2v) is 5.93. The minimum atomic E-state index is -0.523. The predicted octanol–water partition coefficient (Wildman–Crippen LogP) is 4.20. The quantitative estimate of drug-likeness (QED) is 0.923. The number of nitrogens with one attached hydrogen (secondary N) is 1. The van der Waals surface area contributed by atoms with Crippen molar-refractivity contribution >= 4 is 23.3 Å². The molecule has 116 valence electrons. The number of hydrogen-bond donors (Lipinski definition) is 1. The summed E-state index contributed by atoms with van der Waals surface area (Å²) in [6, 6.07) is 13.6. The monoisotopic (exact) mass is 299 g/mol. The smallest absolute Gasteiger partial charge is 0.412 e. The van der Waals surface area contributed by atoms with Crippen molar-refractivity contribution in [2.45, 2.75) is 26.4 Å². The standard InChI is InChI=1S/C17H21N3O2/c1-17(2,3)22-16(21)19-13-10-11-15(18-12-13)20(4)14-8-6-5-7-9-14/h5-12H,1-4H3,(H,19,21). The Morgan fingerprint density at radius 3 is 2.36 bits per heavy atom. The Hall–Kier alpha value is -2.56. The van der Waals surface area contributed by atoms with E-state index in [1.165, 1.54) is 0 Å². The highest BCUT2D eigenvalue weighted by Crippen LogP contribution is 2.22. The normalized spacial score (nSPS) is 10.9. The highest BCUT2D eigenvalue weighted by atomic mass is 16.6. The summed E-state index contributed by atoms with van der Waals surface area (Å²) in [6.07, 6.45) is 1.12. The van der Waals surface area contributed by atoms with Crippen molar-refractivity contribution in [3.63, 3.8) is 0 Å². The third-order valence-electron chi connectivity index (χ3n) is 2.88. The summed E-state index contributed by atoms with van der Waals surface area (Å²) in [6.45, 7) is 5.47. The minimum absolute atomic E-state index is 0.488. The number of carbonyl (C=O) groups excluding carboxylic acids is 1. The molecule has 0 aliphatic heterocycles. The molecule has 5 nitrogen and oxygen atoms in total. The lowest BCUT2D eigenvalue weighted by Crippen LogP contribution is -2.27. The molecular formula is C17H21N3O2. The van der Waals surface area contributed by atoms with E-state index in [9.17, 15) is 4.79 Å². The third kappa shape index (κ3) is 4.48. The third-order valence-corrected chi connectivity index (χ3v) is 2.88. The number of hydrogen-bond acceptors (Lipinski definition) is 4. The summed E-state index contributed by atoms with van der Waals surface area (Å²) in [5.41, 5.74) is 1.12. The van der Waals surface area contributed by atoms with Gasteiger partial charge in [-0.3, -0.25) is 5.32 Å². The molecule has 1 aromatic heterocycles. The molecular weight excluding hydrogens is 278 g/mol. The maximum atomic E-state index is 11.7. The first-order valence-corrected chi connectivity index (χ1v) is 7.10. The summed E-state index contributed by atoms with van der Waals surface area (Å²) < 4.78 is 5.20. The number of aromatic nitrogens is 1. The predicted molar refractivity (Wildman–Crippen MR) is 88.6 cm³/mol. The van der Waals surface area contributed by atoms with Gasteiger partial charge in [-0.25, -0.2) is 9.78 Å². The van der Waals surface area contributed by atoms with E-state index in [1.54, 1.807) is 12.3 Å². The van der Waals surface area contributed by atoms with Gasteiger partial charge in [-0.1, -0.05) is 18.2 Å². The van der Waals surface area contributed by atoms with Crippen LogP contribution in [0.25, 0.3) is 0 Å². The summed E-state index contributed by atoms with van der Waals surface area (Å²) in [4.78, 5) is 18.0. The fourth-order valence-corrected chi connectivity index (χ4v) is 1.86. The van der Waals surface area contributed by atoms with Crippen LogP contribution in [0.4, 0.5) is 22.0 Å². The van der Waals surface area contributed by atoms with Crippen molar-refractivity contribution in [1.82, 2.24) is 4.98 Å². The molecule has 0 fully saturated rings. The second-order valence-electron chi connectivity index (χ2n) is 5.93. The topological polar surface area (TPSA) is 54.5 Å². The van der Waals surface area contributed by atoms with Crippen molar-refractivity contribution in [3.8, 4) is 0 Å². The molecule has 1 amide bonds. The maximum absolute atomic E-state index is 11.7. The van der Waals surface area contributed by atoms with Crippen molar-refractivity contribution in [3.05, 3.63) is 48.7 Å². The van der Waals surface area contributed by atoms with Crippen LogP contribution in [-0.2, 0) is 4.74 Å². The second kappa shape index (κ2) is 6.47. The molecule has 0 unspecified atom stereocenters. The van der Waals surface area contributed by atoms with Crippen molar-refractivity contribution in [2.24, 2.45) is 0 Å². The Labute approximate surface area is 130 Å². The Morgan fingerprint density at radius 1 is 1.14 bits per heavy atom. The first-order valence-electron chi connectivity index (χ1n) is 7.10. The molecule has 0 aliphatic rings. The van der Waals surface area contributed by atoms with Crippen molar-refractivity contribution < 1.29 is 9.53 Å². The zero-order valence-corrected chi connectivity index (χ0v) is 13.3. The largest absolute Gasteiger partial charge is 0.444 e. The number of rotatable bonds is 3. The summed E-state index contributed by atoms with van der Waals surface area (Å²) in [7, 11) is 1.94. The van der Waals surface area contributed by atoms with Crippen LogP contribution in [0.2, 0.25) is 0 Å². The summed E-state index contributed by atoms with van der Waals surface area (Å²) >= 11 is 0. The van der Waals surface area contributed by atoms with Crippen LogP contribution >= 0.6 is 0 Å².